The van der Waals surface area contributed by atoms with Crippen molar-refractivity contribution in [3.05, 3.63) is 95.6 Å². The van der Waals surface area contributed by atoms with Crippen LogP contribution in [0.4, 0.5) is 9.59 Å². The first-order valence-electron chi connectivity index (χ1n) is 17.4. The predicted molar refractivity (Wildman–Crippen MR) is 189 cm³/mol. The molecule has 1 heterocycles. The highest BCUT2D eigenvalue weighted by molar-refractivity contribution is 5.85. The van der Waals surface area contributed by atoms with Gasteiger partial charge in [-0.15, -0.1) is 0 Å². The Bertz CT molecular complexity index is 1440. The van der Waals surface area contributed by atoms with Crippen LogP contribution >= 0.6 is 0 Å². The Balaban J connectivity index is 1.25. The molecule has 0 radical (unpaired) electrons. The molecule has 51 heavy (non-hydrogen) atoms. The van der Waals surface area contributed by atoms with Gasteiger partial charge in [0, 0.05) is 13.1 Å². The zero-order valence-electron chi connectivity index (χ0n) is 29.0. The van der Waals surface area contributed by atoms with Crippen molar-refractivity contribution in [3.63, 3.8) is 0 Å². The molecule has 0 spiro atoms. The van der Waals surface area contributed by atoms with Crippen molar-refractivity contribution in [2.45, 2.75) is 44.9 Å². The Morgan fingerprint density at radius 3 is 1.78 bits per heavy atom. The van der Waals surface area contributed by atoms with E-state index in [4.69, 9.17) is 33.2 Å². The molecule has 4 rings (SSSR count). The second-order valence-corrected chi connectivity index (χ2v) is 11.6. The molecule has 3 N–H and O–H groups in total. The van der Waals surface area contributed by atoms with Crippen LogP contribution in [0.5, 0.6) is 11.5 Å². The van der Waals surface area contributed by atoms with Crippen LogP contribution in [0.2, 0.25) is 0 Å². The number of amides is 3. The van der Waals surface area contributed by atoms with Crippen molar-refractivity contribution in [1.29, 1.82) is 0 Å². The average molecular weight is 708 g/mol. The Morgan fingerprint density at radius 1 is 0.588 bits per heavy atom. The molecular weight excluding hydrogens is 658 g/mol. The number of unbranched alkanes of at least 4 members (excludes halogenated alkanes) is 1. The summed E-state index contributed by atoms with van der Waals surface area (Å²) in [5, 5.41) is 8.37. The third kappa shape index (κ3) is 16.1. The number of rotatable bonds is 14. The van der Waals surface area contributed by atoms with Gasteiger partial charge >= 0.3 is 12.2 Å². The van der Waals surface area contributed by atoms with E-state index in [0.29, 0.717) is 103 Å². The number of hydrogen-bond acceptors (Lipinski definition) is 10. The van der Waals surface area contributed by atoms with Crippen LogP contribution in [-0.4, -0.2) is 90.1 Å². The quantitative estimate of drug-likeness (QED) is 0.204. The van der Waals surface area contributed by atoms with Crippen molar-refractivity contribution in [1.82, 2.24) is 16.0 Å². The van der Waals surface area contributed by atoms with E-state index in [1.165, 1.54) is 0 Å². The van der Waals surface area contributed by atoms with E-state index < -0.39 is 18.2 Å². The van der Waals surface area contributed by atoms with Gasteiger partial charge in [-0.3, -0.25) is 4.79 Å². The highest BCUT2D eigenvalue weighted by Gasteiger charge is 2.21. The lowest BCUT2D eigenvalue weighted by Crippen LogP contribution is -2.47. The molecule has 276 valence electrons. The van der Waals surface area contributed by atoms with Gasteiger partial charge in [-0.05, 0) is 54.5 Å². The lowest BCUT2D eigenvalue weighted by atomic mass is 10.1. The van der Waals surface area contributed by atoms with Crippen LogP contribution in [0.25, 0.3) is 0 Å². The Hall–Kier alpha value is -4.85. The highest BCUT2D eigenvalue weighted by Crippen LogP contribution is 2.29. The fourth-order valence-corrected chi connectivity index (χ4v) is 4.97. The molecule has 1 aliphatic rings. The van der Waals surface area contributed by atoms with Crippen molar-refractivity contribution < 1.29 is 47.5 Å². The second kappa shape index (κ2) is 23.5. The minimum absolute atomic E-state index is 0.0771. The average Bonchev–Trinajstić information content (AvgIpc) is 3.16. The van der Waals surface area contributed by atoms with Gasteiger partial charge in [0.1, 0.15) is 32.5 Å². The van der Waals surface area contributed by atoms with Gasteiger partial charge in [-0.25, -0.2) is 9.59 Å². The van der Waals surface area contributed by atoms with Crippen LogP contribution in [-0.2, 0) is 48.1 Å². The highest BCUT2D eigenvalue weighted by atomic mass is 16.6. The molecule has 13 heteroatoms. The van der Waals surface area contributed by atoms with Crippen LogP contribution in [0.3, 0.4) is 0 Å². The smallest absolute Gasteiger partial charge is 0.408 e. The minimum atomic E-state index is -0.836. The summed E-state index contributed by atoms with van der Waals surface area (Å²) in [4.78, 5) is 38.1. The van der Waals surface area contributed by atoms with Crippen LogP contribution < -0.4 is 25.4 Å². The maximum atomic E-state index is 13.3. The minimum Gasteiger partial charge on any atom is -0.487 e. The molecule has 0 aliphatic carbocycles. The van der Waals surface area contributed by atoms with Gasteiger partial charge in [0.15, 0.2) is 11.5 Å². The first-order chi connectivity index (χ1) is 25.1. The fourth-order valence-electron chi connectivity index (χ4n) is 4.97. The van der Waals surface area contributed by atoms with Gasteiger partial charge in [-0.2, -0.15) is 0 Å². The van der Waals surface area contributed by atoms with E-state index >= 15 is 0 Å². The van der Waals surface area contributed by atoms with Crippen molar-refractivity contribution >= 4 is 18.1 Å². The van der Waals surface area contributed by atoms with E-state index in [1.54, 1.807) is 0 Å². The number of benzene rings is 3. The first kappa shape index (κ1) is 38.9. The number of nitrogens with one attached hydrogen (secondary N) is 3. The van der Waals surface area contributed by atoms with E-state index in [9.17, 15) is 14.4 Å². The summed E-state index contributed by atoms with van der Waals surface area (Å²) in [6.07, 6.45) is 0.779. The fraction of sp³-hybridized carbons (Fsp3) is 0.447. The molecule has 1 atom stereocenters. The molecule has 13 nitrogen and oxygen atoms in total. The van der Waals surface area contributed by atoms with E-state index in [-0.39, 0.29) is 19.1 Å². The zero-order valence-corrected chi connectivity index (χ0v) is 29.0. The van der Waals surface area contributed by atoms with Crippen LogP contribution in [0, 0.1) is 0 Å². The summed E-state index contributed by atoms with van der Waals surface area (Å²) in [5.74, 6) is 0.832. The SMILES string of the molecule is O=C(NCCCCC(NC(=O)OCc1ccccc1)C(=O)NCCc1ccc2c(c1)OCCOCCOCCOCCO2)OCc1ccccc1. The van der Waals surface area contributed by atoms with Crippen LogP contribution in [0.15, 0.2) is 78.9 Å². The second-order valence-electron chi connectivity index (χ2n) is 11.6. The lowest BCUT2D eigenvalue weighted by molar-refractivity contribution is -0.123. The number of ether oxygens (including phenoxy) is 7. The Labute approximate surface area is 299 Å². The maximum absolute atomic E-state index is 13.3. The van der Waals surface area contributed by atoms with Gasteiger partial charge in [0.2, 0.25) is 5.91 Å². The topological polar surface area (TPSA) is 152 Å². The first-order valence-corrected chi connectivity index (χ1v) is 17.4. The van der Waals surface area contributed by atoms with Gasteiger partial charge in [-0.1, -0.05) is 66.7 Å². The van der Waals surface area contributed by atoms with E-state index in [0.717, 1.165) is 16.7 Å². The van der Waals surface area contributed by atoms with E-state index in [2.05, 4.69) is 16.0 Å². The molecular formula is C38H49N3O10. The molecule has 3 aromatic carbocycles. The molecule has 3 amide bonds. The lowest BCUT2D eigenvalue weighted by Gasteiger charge is -2.19. The Morgan fingerprint density at radius 2 is 1.16 bits per heavy atom. The summed E-state index contributed by atoms with van der Waals surface area (Å²) in [7, 11) is 0. The number of carbonyl (C=O) groups excluding carboxylic acids is 3. The summed E-state index contributed by atoms with van der Waals surface area (Å²) >= 11 is 0. The van der Waals surface area contributed by atoms with Gasteiger partial charge < -0.3 is 49.1 Å². The summed E-state index contributed by atoms with van der Waals surface area (Å²) in [5.41, 5.74) is 2.66. The standard InChI is InChI=1S/C38H49N3O10/c42-36(39-18-16-30-14-15-34-35(27-30)49-26-24-47-22-20-45-19-21-46-23-25-48-34)33(41-38(44)51-29-32-11-5-2-6-12-32)13-7-8-17-40-37(43)50-28-31-9-3-1-4-10-31/h1-6,9-12,14-15,27,33H,7-8,13,16-26,28-29H2,(H,39,42)(H,40,43)(H,41,44). The molecule has 0 saturated heterocycles. The molecule has 0 aromatic heterocycles. The number of hydrogen-bond donors (Lipinski definition) is 3. The van der Waals surface area contributed by atoms with Crippen LogP contribution in [0.1, 0.15) is 36.0 Å². The van der Waals surface area contributed by atoms with E-state index in [1.807, 2.05) is 78.9 Å². The van der Waals surface area contributed by atoms with Crippen molar-refractivity contribution in [2.75, 3.05) is 65.9 Å². The third-order valence-electron chi connectivity index (χ3n) is 7.66. The molecule has 1 unspecified atom stereocenters. The predicted octanol–water partition coefficient (Wildman–Crippen LogP) is 4.56. The van der Waals surface area contributed by atoms with Crippen molar-refractivity contribution in [2.24, 2.45) is 0 Å². The third-order valence-corrected chi connectivity index (χ3v) is 7.66. The zero-order chi connectivity index (χ0) is 35.8. The maximum Gasteiger partial charge on any atom is 0.408 e. The largest absolute Gasteiger partial charge is 0.487 e. The van der Waals surface area contributed by atoms with Gasteiger partial charge in [0.25, 0.3) is 0 Å². The summed E-state index contributed by atoms with van der Waals surface area (Å²) < 4.78 is 39.0. The number of fused-ring (bicyclic) bond motifs is 1. The molecule has 0 saturated carbocycles. The number of alkyl carbamates (subject to hydrolysis) is 2. The van der Waals surface area contributed by atoms with Crippen molar-refractivity contribution in [3.8, 4) is 11.5 Å². The Kier molecular flexibility index (Phi) is 18.0. The van der Waals surface area contributed by atoms with Gasteiger partial charge in [0.05, 0.1) is 39.6 Å². The summed E-state index contributed by atoms with van der Waals surface area (Å²) in [6, 6.07) is 23.5. The molecule has 0 bridgehead atoms. The summed E-state index contributed by atoms with van der Waals surface area (Å²) in [6.45, 7) is 4.38. The molecule has 1 aliphatic heterocycles. The monoisotopic (exact) mass is 707 g/mol. The number of carbonyl (C=O) groups is 3. The normalized spacial score (nSPS) is 14.5. The molecule has 3 aromatic rings. The molecule has 0 fully saturated rings.